The Morgan fingerprint density at radius 2 is 1.86 bits per heavy atom. The van der Waals surface area contributed by atoms with E-state index in [1.54, 1.807) is 24.3 Å². The number of carboxylic acid groups (broad SMARTS) is 1. The van der Waals surface area contributed by atoms with Crippen LogP contribution in [0.15, 0.2) is 42.6 Å². The van der Waals surface area contributed by atoms with Gasteiger partial charge in [-0.2, -0.15) is 0 Å². The van der Waals surface area contributed by atoms with E-state index in [-0.39, 0.29) is 39.6 Å². The minimum atomic E-state index is -1.21. The number of pyridine rings is 1. The molecule has 0 amide bonds. The minimum absolute atomic E-state index is 0.0496. The molecular weight excluding hydrogens is 362 g/mol. The number of hydrogen-bond donors (Lipinski definition) is 2. The summed E-state index contributed by atoms with van der Waals surface area (Å²) in [6, 6.07) is 9.35. The van der Waals surface area contributed by atoms with Gasteiger partial charge in [0.1, 0.15) is 11.4 Å². The first kappa shape index (κ1) is 19.2. The number of aromatic carboxylic acids is 1. The number of ketones is 1. The molecular formula is C21H19NO6. The summed E-state index contributed by atoms with van der Waals surface area (Å²) in [6.07, 6.45) is 1.06. The summed E-state index contributed by atoms with van der Waals surface area (Å²) in [4.78, 5) is 28.7. The Balaban J connectivity index is 2.19. The maximum Gasteiger partial charge on any atom is 0.337 e. The Morgan fingerprint density at radius 3 is 2.50 bits per heavy atom. The Labute approximate surface area is 161 Å². The molecule has 1 aromatic heterocycles. The quantitative estimate of drug-likeness (QED) is 0.628. The highest BCUT2D eigenvalue weighted by atomic mass is 16.5. The molecule has 144 valence electrons. The zero-order chi connectivity index (χ0) is 20.4. The van der Waals surface area contributed by atoms with Gasteiger partial charge in [-0.05, 0) is 38.1 Å². The number of carbonyl (C=O) groups excluding carboxylic acids is 1. The van der Waals surface area contributed by atoms with Gasteiger partial charge in [0.2, 0.25) is 5.78 Å². The first-order valence-corrected chi connectivity index (χ1v) is 8.56. The van der Waals surface area contributed by atoms with Crippen LogP contribution >= 0.6 is 0 Å². The van der Waals surface area contributed by atoms with Crippen molar-refractivity contribution in [2.45, 2.75) is 20.0 Å². The fourth-order valence-electron chi connectivity index (χ4n) is 2.89. The third-order valence-electron chi connectivity index (χ3n) is 4.10. The zero-order valence-corrected chi connectivity index (χ0v) is 15.6. The molecule has 0 fully saturated rings. The van der Waals surface area contributed by atoms with Crippen LogP contribution < -0.4 is 9.47 Å². The minimum Gasteiger partial charge on any atom is -0.504 e. The fourth-order valence-corrected chi connectivity index (χ4v) is 2.89. The zero-order valence-electron chi connectivity index (χ0n) is 15.6. The normalized spacial score (nSPS) is 10.9. The Morgan fingerprint density at radius 1 is 1.11 bits per heavy atom. The third kappa shape index (κ3) is 3.59. The average molecular weight is 381 g/mol. The van der Waals surface area contributed by atoms with Crippen molar-refractivity contribution >= 4 is 22.5 Å². The highest BCUT2D eigenvalue weighted by Gasteiger charge is 2.21. The first-order valence-electron chi connectivity index (χ1n) is 8.56. The molecule has 0 atom stereocenters. The third-order valence-corrected chi connectivity index (χ3v) is 4.10. The van der Waals surface area contributed by atoms with Gasteiger partial charge in [-0.3, -0.25) is 9.78 Å². The smallest absolute Gasteiger partial charge is 0.337 e. The highest BCUT2D eigenvalue weighted by Crippen LogP contribution is 2.34. The molecule has 0 saturated heterocycles. The molecule has 0 aliphatic carbocycles. The standard InChI is InChI=1S/C21H19NO6/c1-11(2)28-13-6-4-5-12(7-13)20(24)19-15-9-18(27-3)17(23)8-14(15)16(10-22-19)21(25)26/h4-11,23H,1-3H3,(H,25,26). The van der Waals surface area contributed by atoms with E-state index in [4.69, 9.17) is 9.47 Å². The SMILES string of the molecule is COc1cc2c(C(=O)c3cccc(OC(C)C)c3)ncc(C(=O)O)c2cc1O. The summed E-state index contributed by atoms with van der Waals surface area (Å²) in [5, 5.41) is 19.9. The average Bonchev–Trinajstić information content (AvgIpc) is 2.65. The van der Waals surface area contributed by atoms with Crippen molar-refractivity contribution in [1.82, 2.24) is 4.98 Å². The van der Waals surface area contributed by atoms with Crippen LogP contribution in [0.25, 0.3) is 10.8 Å². The maximum absolute atomic E-state index is 13.1. The molecule has 3 aromatic rings. The molecule has 2 aromatic carbocycles. The van der Waals surface area contributed by atoms with E-state index < -0.39 is 11.8 Å². The lowest BCUT2D eigenvalue weighted by atomic mass is 9.99. The van der Waals surface area contributed by atoms with E-state index in [1.165, 1.54) is 19.2 Å². The van der Waals surface area contributed by atoms with Gasteiger partial charge in [0, 0.05) is 22.5 Å². The van der Waals surface area contributed by atoms with Gasteiger partial charge >= 0.3 is 5.97 Å². The van der Waals surface area contributed by atoms with E-state index in [0.29, 0.717) is 11.3 Å². The molecule has 0 saturated carbocycles. The molecule has 0 aliphatic heterocycles. The van der Waals surface area contributed by atoms with Crippen LogP contribution in [-0.4, -0.2) is 40.2 Å². The summed E-state index contributed by atoms with van der Waals surface area (Å²) < 4.78 is 10.7. The second-order valence-electron chi connectivity index (χ2n) is 6.42. The predicted octanol–water partition coefficient (Wildman–Crippen LogP) is 3.67. The number of carboxylic acids is 1. The van der Waals surface area contributed by atoms with Gasteiger partial charge in [0.25, 0.3) is 0 Å². The lowest BCUT2D eigenvalue weighted by molar-refractivity contribution is 0.0698. The molecule has 0 aliphatic rings. The highest BCUT2D eigenvalue weighted by molar-refractivity contribution is 6.18. The summed E-state index contributed by atoms with van der Waals surface area (Å²) >= 11 is 0. The van der Waals surface area contributed by atoms with Crippen LogP contribution in [0.3, 0.4) is 0 Å². The molecule has 0 bridgehead atoms. The number of benzene rings is 2. The van der Waals surface area contributed by atoms with Crippen molar-refractivity contribution in [3.8, 4) is 17.2 Å². The molecule has 7 nitrogen and oxygen atoms in total. The van der Waals surface area contributed by atoms with E-state index in [9.17, 15) is 19.8 Å². The number of fused-ring (bicyclic) bond motifs is 1. The Bertz CT molecular complexity index is 1070. The number of rotatable bonds is 6. The molecule has 0 spiro atoms. The maximum atomic E-state index is 13.1. The summed E-state index contributed by atoms with van der Waals surface area (Å²) in [6.45, 7) is 3.76. The first-order chi connectivity index (χ1) is 13.3. The number of phenolic OH excluding ortho intramolecular Hbond substituents is 1. The predicted molar refractivity (Wildman–Crippen MR) is 103 cm³/mol. The fraction of sp³-hybridized carbons (Fsp3) is 0.190. The molecule has 0 unspecified atom stereocenters. The lowest BCUT2D eigenvalue weighted by Crippen LogP contribution is -2.10. The second-order valence-corrected chi connectivity index (χ2v) is 6.42. The molecule has 7 heteroatoms. The van der Waals surface area contributed by atoms with Gasteiger partial charge < -0.3 is 19.7 Å². The van der Waals surface area contributed by atoms with Crippen LogP contribution in [0.1, 0.15) is 40.3 Å². The number of carbonyl (C=O) groups is 2. The summed E-state index contributed by atoms with van der Waals surface area (Å²) in [5.41, 5.74) is 0.281. The van der Waals surface area contributed by atoms with Crippen LogP contribution in [0.4, 0.5) is 0 Å². The Kier molecular flexibility index (Phi) is 5.17. The Hall–Kier alpha value is -3.61. The monoisotopic (exact) mass is 381 g/mol. The van der Waals surface area contributed by atoms with Crippen LogP contribution in [0.2, 0.25) is 0 Å². The van der Waals surface area contributed by atoms with Crippen LogP contribution in [-0.2, 0) is 0 Å². The molecule has 3 rings (SSSR count). The van der Waals surface area contributed by atoms with Crippen molar-refractivity contribution in [1.29, 1.82) is 0 Å². The number of aromatic nitrogens is 1. The number of methoxy groups -OCH3 is 1. The number of aromatic hydroxyl groups is 1. The molecule has 0 radical (unpaired) electrons. The lowest BCUT2D eigenvalue weighted by Gasteiger charge is -2.12. The van der Waals surface area contributed by atoms with Gasteiger partial charge in [-0.25, -0.2) is 4.79 Å². The van der Waals surface area contributed by atoms with Crippen LogP contribution in [0.5, 0.6) is 17.2 Å². The molecule has 1 heterocycles. The number of nitrogens with zero attached hydrogens (tertiary/aromatic N) is 1. The van der Waals surface area contributed by atoms with E-state index in [2.05, 4.69) is 4.98 Å². The van der Waals surface area contributed by atoms with Crippen molar-refractivity contribution in [2.75, 3.05) is 7.11 Å². The molecule has 28 heavy (non-hydrogen) atoms. The number of phenols is 1. The largest absolute Gasteiger partial charge is 0.504 e. The number of hydrogen-bond acceptors (Lipinski definition) is 6. The van der Waals surface area contributed by atoms with Crippen molar-refractivity contribution in [3.63, 3.8) is 0 Å². The topological polar surface area (TPSA) is 106 Å². The molecule has 2 N–H and O–H groups in total. The van der Waals surface area contributed by atoms with Gasteiger partial charge in [0.15, 0.2) is 11.5 Å². The van der Waals surface area contributed by atoms with Gasteiger partial charge in [0.05, 0.1) is 18.8 Å². The van der Waals surface area contributed by atoms with Crippen molar-refractivity contribution in [2.24, 2.45) is 0 Å². The van der Waals surface area contributed by atoms with Gasteiger partial charge in [-0.15, -0.1) is 0 Å². The van der Waals surface area contributed by atoms with Gasteiger partial charge in [-0.1, -0.05) is 12.1 Å². The van der Waals surface area contributed by atoms with E-state index in [1.807, 2.05) is 13.8 Å². The summed E-state index contributed by atoms with van der Waals surface area (Å²) in [7, 11) is 1.36. The van der Waals surface area contributed by atoms with Crippen molar-refractivity contribution in [3.05, 3.63) is 59.4 Å². The van der Waals surface area contributed by atoms with Crippen LogP contribution in [0, 0.1) is 0 Å². The summed E-state index contributed by atoms with van der Waals surface area (Å²) in [5.74, 6) is -1.18. The second kappa shape index (κ2) is 7.56. The van der Waals surface area contributed by atoms with Crippen molar-refractivity contribution < 1.29 is 29.3 Å². The number of ether oxygens (including phenoxy) is 2. The van der Waals surface area contributed by atoms with E-state index >= 15 is 0 Å². The van der Waals surface area contributed by atoms with E-state index in [0.717, 1.165) is 6.20 Å².